The van der Waals surface area contributed by atoms with Crippen molar-refractivity contribution in [2.45, 2.75) is 13.0 Å². The number of ether oxygens (including phenoxy) is 2. The fourth-order valence-corrected chi connectivity index (χ4v) is 2.04. The normalized spacial score (nSPS) is 10.1. The molecule has 0 amide bonds. The lowest BCUT2D eigenvalue weighted by Crippen LogP contribution is -2.06. The fourth-order valence-electron chi connectivity index (χ4n) is 1.83. The van der Waals surface area contributed by atoms with Crippen LogP contribution in [0.4, 0.5) is 0 Å². The van der Waals surface area contributed by atoms with E-state index in [2.05, 4.69) is 6.07 Å². The maximum absolute atomic E-state index is 8.59. The van der Waals surface area contributed by atoms with Gasteiger partial charge in [-0.1, -0.05) is 35.9 Å². The molecule has 2 aromatic rings. The smallest absolute Gasteiger partial charge is 0.119 e. The van der Waals surface area contributed by atoms with Gasteiger partial charge in [-0.25, -0.2) is 0 Å². The Bertz CT molecular complexity index is 605. The van der Waals surface area contributed by atoms with Crippen molar-refractivity contribution in [3.8, 4) is 11.8 Å². The van der Waals surface area contributed by atoms with Gasteiger partial charge in [-0.05, 0) is 35.4 Å². The van der Waals surface area contributed by atoms with Crippen LogP contribution in [0.15, 0.2) is 48.5 Å². The molecular formula is C17H16ClNO2. The number of halogens is 1. The molecule has 0 spiro atoms. The molecule has 108 valence electrons. The molecule has 0 saturated heterocycles. The molecule has 0 bridgehead atoms. The number of hydrogen-bond donors (Lipinski definition) is 0. The molecule has 0 aliphatic heterocycles. The van der Waals surface area contributed by atoms with E-state index in [9.17, 15) is 0 Å². The van der Waals surface area contributed by atoms with Crippen molar-refractivity contribution < 1.29 is 9.47 Å². The van der Waals surface area contributed by atoms with Gasteiger partial charge in [-0.15, -0.1) is 0 Å². The van der Waals surface area contributed by atoms with Crippen LogP contribution >= 0.6 is 11.6 Å². The summed E-state index contributed by atoms with van der Waals surface area (Å²) in [4.78, 5) is 0. The van der Waals surface area contributed by atoms with Crippen LogP contribution in [-0.4, -0.2) is 13.2 Å². The molecule has 0 fully saturated rings. The maximum Gasteiger partial charge on any atom is 0.119 e. The van der Waals surface area contributed by atoms with Gasteiger partial charge in [0.15, 0.2) is 0 Å². The van der Waals surface area contributed by atoms with Gasteiger partial charge in [0.2, 0.25) is 0 Å². The lowest BCUT2D eigenvalue weighted by Gasteiger charge is -2.08. The summed E-state index contributed by atoms with van der Waals surface area (Å²) in [6.45, 7) is 1.51. The van der Waals surface area contributed by atoms with Crippen molar-refractivity contribution >= 4 is 11.6 Å². The maximum atomic E-state index is 8.59. The van der Waals surface area contributed by atoms with Crippen LogP contribution in [0.3, 0.4) is 0 Å². The quantitative estimate of drug-likeness (QED) is 0.726. The van der Waals surface area contributed by atoms with E-state index in [1.807, 2.05) is 48.5 Å². The number of hydrogen-bond acceptors (Lipinski definition) is 3. The summed E-state index contributed by atoms with van der Waals surface area (Å²) in [7, 11) is 0. The average molecular weight is 302 g/mol. The first-order valence-corrected chi connectivity index (χ1v) is 7.06. The molecule has 0 atom stereocenters. The molecular weight excluding hydrogens is 286 g/mol. The predicted octanol–water partition coefficient (Wildman–Crippen LogP) is 4.00. The van der Waals surface area contributed by atoms with E-state index >= 15 is 0 Å². The molecule has 0 aliphatic carbocycles. The zero-order valence-corrected chi connectivity index (χ0v) is 12.3. The second-order valence-corrected chi connectivity index (χ2v) is 4.95. The molecule has 0 saturated carbocycles. The third-order valence-electron chi connectivity index (χ3n) is 2.86. The minimum absolute atomic E-state index is 0.420. The second kappa shape index (κ2) is 8.31. The van der Waals surface area contributed by atoms with Crippen LogP contribution in [0.1, 0.15) is 11.1 Å². The molecule has 0 aromatic heterocycles. The lowest BCUT2D eigenvalue weighted by molar-refractivity contribution is 0.0889. The molecule has 0 aliphatic rings. The van der Waals surface area contributed by atoms with Gasteiger partial charge < -0.3 is 9.47 Å². The van der Waals surface area contributed by atoms with Gasteiger partial charge in [-0.3, -0.25) is 0 Å². The highest BCUT2D eigenvalue weighted by atomic mass is 35.5. The molecule has 0 heterocycles. The number of nitriles is 1. The fraction of sp³-hybridized carbons (Fsp3) is 0.235. The SMILES string of the molecule is N#CCc1ccc(OCCOCc2cccc(Cl)c2)cc1. The Labute approximate surface area is 129 Å². The second-order valence-electron chi connectivity index (χ2n) is 4.51. The third kappa shape index (κ3) is 5.47. The van der Waals surface area contributed by atoms with E-state index in [1.54, 1.807) is 0 Å². The molecule has 21 heavy (non-hydrogen) atoms. The van der Waals surface area contributed by atoms with Gasteiger partial charge in [0.05, 0.1) is 25.7 Å². The van der Waals surface area contributed by atoms with Gasteiger partial charge in [-0.2, -0.15) is 5.26 Å². The van der Waals surface area contributed by atoms with E-state index in [0.29, 0.717) is 31.3 Å². The Kier molecular flexibility index (Phi) is 6.08. The Balaban J connectivity index is 1.66. The predicted molar refractivity (Wildman–Crippen MR) is 82.4 cm³/mol. The van der Waals surface area contributed by atoms with Crippen molar-refractivity contribution in [3.05, 3.63) is 64.7 Å². The third-order valence-corrected chi connectivity index (χ3v) is 3.10. The average Bonchev–Trinajstić information content (AvgIpc) is 2.49. The molecule has 0 radical (unpaired) electrons. The molecule has 2 aromatic carbocycles. The summed E-state index contributed by atoms with van der Waals surface area (Å²) in [6, 6.07) is 17.2. The van der Waals surface area contributed by atoms with E-state index in [1.165, 1.54) is 0 Å². The number of rotatable bonds is 7. The first-order chi connectivity index (χ1) is 10.3. The van der Waals surface area contributed by atoms with Crippen LogP contribution in [0, 0.1) is 11.3 Å². The van der Waals surface area contributed by atoms with Gasteiger partial charge in [0, 0.05) is 5.02 Å². The van der Waals surface area contributed by atoms with E-state index in [4.69, 9.17) is 26.3 Å². The molecule has 0 unspecified atom stereocenters. The Hall–Kier alpha value is -2.02. The standard InChI is InChI=1S/C17H16ClNO2/c18-16-3-1-2-15(12-16)13-20-10-11-21-17-6-4-14(5-7-17)8-9-19/h1-7,12H,8,10-11,13H2. The molecule has 3 nitrogen and oxygen atoms in total. The Morgan fingerprint density at radius 2 is 1.81 bits per heavy atom. The van der Waals surface area contributed by atoms with Gasteiger partial charge in [0.25, 0.3) is 0 Å². The van der Waals surface area contributed by atoms with Crippen LogP contribution < -0.4 is 4.74 Å². The summed E-state index contributed by atoms with van der Waals surface area (Å²) in [6.07, 6.45) is 0.420. The zero-order chi connectivity index (χ0) is 14.9. The molecule has 0 N–H and O–H groups in total. The topological polar surface area (TPSA) is 42.2 Å². The Morgan fingerprint density at radius 1 is 1.00 bits per heavy atom. The van der Waals surface area contributed by atoms with Crippen molar-refractivity contribution in [1.82, 2.24) is 0 Å². The minimum atomic E-state index is 0.420. The molecule has 2 rings (SSSR count). The highest BCUT2D eigenvalue weighted by Crippen LogP contribution is 2.13. The zero-order valence-electron chi connectivity index (χ0n) is 11.6. The number of benzene rings is 2. The van der Waals surface area contributed by atoms with Crippen molar-refractivity contribution in [3.63, 3.8) is 0 Å². The van der Waals surface area contributed by atoms with Crippen molar-refractivity contribution in [1.29, 1.82) is 5.26 Å². The summed E-state index contributed by atoms with van der Waals surface area (Å²) < 4.78 is 11.1. The van der Waals surface area contributed by atoms with Crippen LogP contribution in [-0.2, 0) is 17.8 Å². The summed E-state index contributed by atoms with van der Waals surface area (Å²) in [5.41, 5.74) is 2.03. The van der Waals surface area contributed by atoms with Crippen molar-refractivity contribution in [2.75, 3.05) is 13.2 Å². The van der Waals surface area contributed by atoms with E-state index in [-0.39, 0.29) is 0 Å². The highest BCUT2D eigenvalue weighted by molar-refractivity contribution is 6.30. The van der Waals surface area contributed by atoms with Crippen LogP contribution in [0.25, 0.3) is 0 Å². The lowest BCUT2D eigenvalue weighted by atomic mass is 10.2. The summed E-state index contributed by atoms with van der Waals surface area (Å²) in [5, 5.41) is 9.31. The first kappa shape index (κ1) is 15.4. The van der Waals surface area contributed by atoms with Gasteiger partial charge >= 0.3 is 0 Å². The highest BCUT2D eigenvalue weighted by Gasteiger charge is 1.97. The first-order valence-electron chi connectivity index (χ1n) is 6.69. The van der Waals surface area contributed by atoms with Crippen LogP contribution in [0.5, 0.6) is 5.75 Å². The van der Waals surface area contributed by atoms with Crippen molar-refractivity contribution in [2.24, 2.45) is 0 Å². The monoisotopic (exact) mass is 301 g/mol. The van der Waals surface area contributed by atoms with Crippen LogP contribution in [0.2, 0.25) is 5.02 Å². The number of nitrogens with zero attached hydrogens (tertiary/aromatic N) is 1. The Morgan fingerprint density at radius 3 is 2.52 bits per heavy atom. The minimum Gasteiger partial charge on any atom is -0.491 e. The van der Waals surface area contributed by atoms with E-state index in [0.717, 1.165) is 16.9 Å². The van der Waals surface area contributed by atoms with E-state index < -0.39 is 0 Å². The summed E-state index contributed by atoms with van der Waals surface area (Å²) in [5.74, 6) is 0.781. The van der Waals surface area contributed by atoms with Gasteiger partial charge in [0.1, 0.15) is 12.4 Å². The largest absolute Gasteiger partial charge is 0.491 e. The molecule has 4 heteroatoms. The summed E-state index contributed by atoms with van der Waals surface area (Å²) >= 11 is 5.90.